The first kappa shape index (κ1) is 21.9. The fraction of sp³-hybridized carbons (Fsp3) is 0.174. The number of amides is 1. The van der Waals surface area contributed by atoms with Crippen molar-refractivity contribution in [2.75, 3.05) is 10.8 Å². The second-order valence-electron chi connectivity index (χ2n) is 7.02. The topological polar surface area (TPSA) is 66.5 Å². The van der Waals surface area contributed by atoms with Crippen LogP contribution in [0.5, 0.6) is 0 Å². The van der Waals surface area contributed by atoms with E-state index in [0.29, 0.717) is 22.8 Å². The lowest BCUT2D eigenvalue weighted by Gasteiger charge is -2.25. The van der Waals surface area contributed by atoms with E-state index in [4.69, 9.17) is 11.6 Å². The van der Waals surface area contributed by atoms with E-state index in [-0.39, 0.29) is 11.4 Å². The van der Waals surface area contributed by atoms with Gasteiger partial charge in [-0.1, -0.05) is 59.6 Å². The molecule has 0 atom stereocenters. The van der Waals surface area contributed by atoms with Gasteiger partial charge < -0.3 is 5.32 Å². The van der Waals surface area contributed by atoms with Gasteiger partial charge in [0.25, 0.3) is 10.0 Å². The molecular formula is C23H23ClN2O3S. The van der Waals surface area contributed by atoms with Crippen molar-refractivity contribution in [2.45, 2.75) is 25.3 Å². The lowest BCUT2D eigenvalue weighted by Crippen LogP contribution is -2.41. The van der Waals surface area contributed by atoms with Crippen molar-refractivity contribution in [1.82, 2.24) is 5.32 Å². The SMILES string of the molecule is Cc1ccc(CNC(=O)CN(c2ccc(Cl)cc2C)S(=O)(=O)c2ccccc2)cc1. The molecule has 0 aliphatic carbocycles. The summed E-state index contributed by atoms with van der Waals surface area (Å²) in [4.78, 5) is 12.8. The van der Waals surface area contributed by atoms with Gasteiger partial charge in [-0.2, -0.15) is 0 Å². The van der Waals surface area contributed by atoms with Crippen LogP contribution in [-0.2, 0) is 21.4 Å². The molecule has 0 radical (unpaired) electrons. The summed E-state index contributed by atoms with van der Waals surface area (Å²) < 4.78 is 27.8. The Bertz CT molecular complexity index is 1130. The zero-order valence-electron chi connectivity index (χ0n) is 16.8. The van der Waals surface area contributed by atoms with Crippen LogP contribution in [-0.4, -0.2) is 20.9 Å². The minimum Gasteiger partial charge on any atom is -0.350 e. The number of carbonyl (C=O) groups is 1. The molecule has 156 valence electrons. The first-order chi connectivity index (χ1) is 14.3. The van der Waals surface area contributed by atoms with E-state index < -0.39 is 15.9 Å². The molecule has 0 heterocycles. The predicted octanol–water partition coefficient (Wildman–Crippen LogP) is 4.47. The standard InChI is InChI=1S/C23H23ClN2O3S/c1-17-8-10-19(11-9-17)15-25-23(27)16-26(22-13-12-20(24)14-18(22)2)30(28,29)21-6-4-3-5-7-21/h3-14H,15-16H2,1-2H3,(H,25,27). The van der Waals surface area contributed by atoms with Gasteiger partial charge >= 0.3 is 0 Å². The normalized spacial score (nSPS) is 11.2. The van der Waals surface area contributed by atoms with E-state index in [1.807, 2.05) is 31.2 Å². The maximum Gasteiger partial charge on any atom is 0.264 e. The number of carbonyl (C=O) groups excluding carboxylic acids is 1. The van der Waals surface area contributed by atoms with Crippen LogP contribution in [0.4, 0.5) is 5.69 Å². The Hall–Kier alpha value is -2.83. The van der Waals surface area contributed by atoms with Gasteiger partial charge in [0.15, 0.2) is 0 Å². The molecule has 30 heavy (non-hydrogen) atoms. The summed E-state index contributed by atoms with van der Waals surface area (Å²) in [5.41, 5.74) is 3.14. The van der Waals surface area contributed by atoms with Crippen molar-refractivity contribution < 1.29 is 13.2 Å². The van der Waals surface area contributed by atoms with Gasteiger partial charge in [0.1, 0.15) is 6.54 Å². The number of rotatable bonds is 7. The molecule has 3 rings (SSSR count). The molecule has 0 spiro atoms. The number of aryl methyl sites for hydroxylation is 2. The van der Waals surface area contributed by atoms with Gasteiger partial charge in [0.2, 0.25) is 5.91 Å². The van der Waals surface area contributed by atoms with Gasteiger partial charge in [-0.3, -0.25) is 9.10 Å². The van der Waals surface area contributed by atoms with Crippen LogP contribution >= 0.6 is 11.6 Å². The highest BCUT2D eigenvalue weighted by Crippen LogP contribution is 2.28. The van der Waals surface area contributed by atoms with Gasteiger partial charge in [0, 0.05) is 11.6 Å². The molecule has 7 heteroatoms. The molecule has 0 unspecified atom stereocenters. The molecule has 0 aliphatic heterocycles. The summed E-state index contributed by atoms with van der Waals surface area (Å²) >= 11 is 6.04. The summed E-state index contributed by atoms with van der Waals surface area (Å²) in [6.45, 7) is 3.73. The Kier molecular flexibility index (Phi) is 6.80. The first-order valence-corrected chi connectivity index (χ1v) is 11.3. The van der Waals surface area contributed by atoms with E-state index in [1.165, 1.54) is 12.1 Å². The summed E-state index contributed by atoms with van der Waals surface area (Å²) in [6, 6.07) is 20.8. The van der Waals surface area contributed by atoms with E-state index >= 15 is 0 Å². The molecule has 1 amide bonds. The zero-order chi connectivity index (χ0) is 21.7. The number of nitrogens with zero attached hydrogens (tertiary/aromatic N) is 1. The largest absolute Gasteiger partial charge is 0.350 e. The molecule has 3 aromatic carbocycles. The highest BCUT2D eigenvalue weighted by Gasteiger charge is 2.28. The van der Waals surface area contributed by atoms with Gasteiger partial charge in [0.05, 0.1) is 10.6 Å². The van der Waals surface area contributed by atoms with Crippen LogP contribution in [0.15, 0.2) is 77.7 Å². The van der Waals surface area contributed by atoms with E-state index in [9.17, 15) is 13.2 Å². The van der Waals surface area contributed by atoms with Crippen molar-refractivity contribution in [2.24, 2.45) is 0 Å². The van der Waals surface area contributed by atoms with Crippen LogP contribution < -0.4 is 9.62 Å². The first-order valence-electron chi connectivity index (χ1n) is 9.43. The molecule has 5 nitrogen and oxygen atoms in total. The molecule has 0 aliphatic rings. The molecule has 0 saturated carbocycles. The fourth-order valence-corrected chi connectivity index (χ4v) is 4.74. The number of nitrogens with one attached hydrogen (secondary N) is 1. The molecule has 0 bridgehead atoms. The van der Waals surface area contributed by atoms with Gasteiger partial charge in [-0.25, -0.2) is 8.42 Å². The highest BCUT2D eigenvalue weighted by atomic mass is 35.5. The maximum atomic E-state index is 13.3. The third-order valence-electron chi connectivity index (χ3n) is 4.66. The maximum absolute atomic E-state index is 13.3. The van der Waals surface area contributed by atoms with E-state index in [2.05, 4.69) is 5.32 Å². The van der Waals surface area contributed by atoms with Crippen molar-refractivity contribution in [3.05, 3.63) is 94.5 Å². The van der Waals surface area contributed by atoms with Crippen LogP contribution in [0.1, 0.15) is 16.7 Å². The second kappa shape index (κ2) is 9.32. The summed E-state index contributed by atoms with van der Waals surface area (Å²) in [6.07, 6.45) is 0. The molecule has 0 aromatic heterocycles. The lowest BCUT2D eigenvalue weighted by atomic mass is 10.1. The number of hydrogen-bond donors (Lipinski definition) is 1. The zero-order valence-corrected chi connectivity index (χ0v) is 18.4. The van der Waals surface area contributed by atoms with E-state index in [1.54, 1.807) is 43.3 Å². The monoisotopic (exact) mass is 442 g/mol. The van der Waals surface area contributed by atoms with E-state index in [0.717, 1.165) is 15.4 Å². The average Bonchev–Trinajstić information content (AvgIpc) is 2.73. The number of benzene rings is 3. The molecule has 1 N–H and O–H groups in total. The van der Waals surface area contributed by atoms with Crippen LogP contribution in [0.25, 0.3) is 0 Å². The third kappa shape index (κ3) is 5.20. The van der Waals surface area contributed by atoms with Crippen LogP contribution in [0, 0.1) is 13.8 Å². The number of anilines is 1. The molecular weight excluding hydrogens is 420 g/mol. The number of halogens is 1. The summed E-state index contributed by atoms with van der Waals surface area (Å²) in [7, 11) is -3.94. The fourth-order valence-electron chi connectivity index (χ4n) is 3.01. The van der Waals surface area contributed by atoms with Crippen LogP contribution in [0.3, 0.4) is 0 Å². The third-order valence-corrected chi connectivity index (χ3v) is 6.67. The molecule has 3 aromatic rings. The average molecular weight is 443 g/mol. The van der Waals surface area contributed by atoms with Crippen molar-refractivity contribution in [1.29, 1.82) is 0 Å². The Morgan fingerprint density at radius 1 is 0.967 bits per heavy atom. The Morgan fingerprint density at radius 2 is 1.63 bits per heavy atom. The molecule has 0 fully saturated rings. The Labute approximate surface area is 182 Å². The Morgan fingerprint density at radius 3 is 2.27 bits per heavy atom. The smallest absolute Gasteiger partial charge is 0.264 e. The summed E-state index contributed by atoms with van der Waals surface area (Å²) in [5, 5.41) is 3.30. The quantitative estimate of drug-likeness (QED) is 0.587. The predicted molar refractivity (Wildman–Crippen MR) is 120 cm³/mol. The molecule has 0 saturated heterocycles. The second-order valence-corrected chi connectivity index (χ2v) is 9.32. The summed E-state index contributed by atoms with van der Waals surface area (Å²) in [5.74, 6) is -0.399. The van der Waals surface area contributed by atoms with Gasteiger partial charge in [-0.15, -0.1) is 0 Å². The minimum absolute atomic E-state index is 0.116. The van der Waals surface area contributed by atoms with Gasteiger partial charge in [-0.05, 0) is 55.3 Å². The minimum atomic E-state index is -3.94. The van der Waals surface area contributed by atoms with Crippen LogP contribution in [0.2, 0.25) is 5.02 Å². The van der Waals surface area contributed by atoms with Crippen molar-refractivity contribution in [3.63, 3.8) is 0 Å². The Balaban J connectivity index is 1.87. The number of sulfonamides is 1. The highest BCUT2D eigenvalue weighted by molar-refractivity contribution is 7.92. The van der Waals surface area contributed by atoms with Crippen molar-refractivity contribution >= 4 is 33.2 Å². The van der Waals surface area contributed by atoms with Crippen molar-refractivity contribution in [3.8, 4) is 0 Å². The lowest BCUT2D eigenvalue weighted by molar-refractivity contribution is -0.119. The number of hydrogen-bond acceptors (Lipinski definition) is 3.